The number of hydrogen-bond donors (Lipinski definition) is 0. The molecule has 60 valence electrons. The monoisotopic (exact) mass is 155 g/mol. The van der Waals surface area contributed by atoms with E-state index in [0.29, 0.717) is 0 Å². The van der Waals surface area contributed by atoms with Gasteiger partial charge in [-0.1, -0.05) is 31.9 Å². The van der Waals surface area contributed by atoms with Crippen LogP contribution in [-0.4, -0.2) is 5.97 Å². The molecule has 4 heteroatoms. The van der Waals surface area contributed by atoms with Crippen molar-refractivity contribution in [3.05, 3.63) is 42.9 Å². The Morgan fingerprint density at radius 2 is 1.73 bits per heavy atom. The molecule has 0 spiro atoms. The summed E-state index contributed by atoms with van der Waals surface area (Å²) in [5, 5.41) is 1.84. The van der Waals surface area contributed by atoms with Crippen LogP contribution >= 0.6 is 0 Å². The first-order chi connectivity index (χ1) is 5.22. The average Bonchev–Trinajstić information content (AvgIpc) is 2.05. The predicted octanol–water partition coefficient (Wildman–Crippen LogP) is 1.76. The summed E-state index contributed by atoms with van der Waals surface area (Å²) < 4.78 is 0. The van der Waals surface area contributed by atoms with Crippen molar-refractivity contribution in [1.82, 2.24) is 0 Å². The molecule has 0 aromatic heterocycles. The van der Waals surface area contributed by atoms with Gasteiger partial charge in [-0.15, -0.1) is 4.91 Å². The molecule has 0 atom stereocenters. The van der Waals surface area contributed by atoms with Crippen molar-refractivity contribution in [2.75, 3.05) is 0 Å². The molecule has 0 bridgehead atoms. The van der Waals surface area contributed by atoms with E-state index in [1.807, 2.05) is 5.34 Å². The van der Waals surface area contributed by atoms with Gasteiger partial charge in [0.1, 0.15) is 0 Å². The van der Waals surface area contributed by atoms with Crippen LogP contribution in [-0.2, 0) is 9.63 Å². The Morgan fingerprint density at radius 1 is 1.27 bits per heavy atom. The van der Waals surface area contributed by atoms with Crippen LogP contribution in [0.1, 0.15) is 0 Å². The summed E-state index contributed by atoms with van der Waals surface area (Å²) in [7, 11) is 0. The van der Waals surface area contributed by atoms with Crippen molar-refractivity contribution < 1.29 is 9.63 Å². The van der Waals surface area contributed by atoms with Crippen molar-refractivity contribution in [1.29, 1.82) is 0 Å². The van der Waals surface area contributed by atoms with E-state index in [9.17, 15) is 4.79 Å². The van der Waals surface area contributed by atoms with E-state index < -0.39 is 5.97 Å². The highest BCUT2D eigenvalue weighted by atomic mass is 16.7. The molecule has 0 aliphatic rings. The fourth-order valence-corrected chi connectivity index (χ4v) is 0.0740. The lowest BCUT2D eigenvalue weighted by Gasteiger charge is -1.77. The van der Waals surface area contributed by atoms with Crippen LogP contribution in [0.4, 0.5) is 0 Å². The standard InChI is InChI=1S/C4H6.C3H3NO3/c1-3-4-2;1-2-3(5)7-4-6/h3-4H,1-2H2;2H,1H2. The number of carbonyl (C=O) groups excluding carboxylic acids is 1. The van der Waals surface area contributed by atoms with Gasteiger partial charge in [0.2, 0.25) is 0 Å². The summed E-state index contributed by atoms with van der Waals surface area (Å²) in [6.07, 6.45) is 4.13. The largest absolute Gasteiger partial charge is 0.361 e. The Balaban J connectivity index is 0. The van der Waals surface area contributed by atoms with Gasteiger partial charge in [0, 0.05) is 6.08 Å². The summed E-state index contributed by atoms with van der Waals surface area (Å²) >= 11 is 0. The molecule has 4 nitrogen and oxygen atoms in total. The van der Waals surface area contributed by atoms with E-state index in [2.05, 4.69) is 24.6 Å². The fraction of sp³-hybridized carbons (Fsp3) is 0. The zero-order valence-electron chi connectivity index (χ0n) is 6.03. The first kappa shape index (κ1) is 12.0. The van der Waals surface area contributed by atoms with Gasteiger partial charge in [0.15, 0.2) is 5.34 Å². The average molecular weight is 155 g/mol. The lowest BCUT2D eigenvalue weighted by Crippen LogP contribution is -1.90. The van der Waals surface area contributed by atoms with Crippen LogP contribution in [0, 0.1) is 4.91 Å². The maximum absolute atomic E-state index is 9.78. The Labute approximate surface area is 64.8 Å². The highest BCUT2D eigenvalue weighted by Crippen LogP contribution is 1.75. The molecule has 0 aliphatic carbocycles. The number of rotatable bonds is 3. The van der Waals surface area contributed by atoms with Crippen LogP contribution in [0.25, 0.3) is 0 Å². The van der Waals surface area contributed by atoms with Gasteiger partial charge < -0.3 is 0 Å². The lowest BCUT2D eigenvalue weighted by atomic mass is 10.6. The summed E-state index contributed by atoms with van der Waals surface area (Å²) in [5.74, 6) is -0.838. The smallest absolute Gasteiger partial charge is 0.280 e. The zero-order valence-corrected chi connectivity index (χ0v) is 6.03. The maximum Gasteiger partial charge on any atom is 0.361 e. The highest BCUT2D eigenvalue weighted by molar-refractivity contribution is 5.80. The predicted molar refractivity (Wildman–Crippen MR) is 42.5 cm³/mol. The number of allylic oxidation sites excluding steroid dienone is 2. The number of hydrogen-bond acceptors (Lipinski definition) is 4. The van der Waals surface area contributed by atoms with Gasteiger partial charge in [-0.3, -0.25) is 4.84 Å². The van der Waals surface area contributed by atoms with Crippen molar-refractivity contribution in [2.45, 2.75) is 0 Å². The molecule has 0 amide bonds. The summed E-state index contributed by atoms with van der Waals surface area (Å²) in [6, 6.07) is 0. The molecule has 0 aromatic carbocycles. The van der Waals surface area contributed by atoms with Crippen LogP contribution in [0.2, 0.25) is 0 Å². The SMILES string of the molecule is C=CC(=O)ON=O.C=CC=C. The maximum atomic E-state index is 9.78. The Bertz CT molecular complexity index is 157. The Morgan fingerprint density at radius 3 is 1.82 bits per heavy atom. The molecule has 0 saturated carbocycles. The molecule has 0 saturated heterocycles. The third kappa shape index (κ3) is 17.8. The first-order valence-corrected chi connectivity index (χ1v) is 2.62. The quantitative estimate of drug-likeness (QED) is 0.270. The van der Waals surface area contributed by atoms with Crippen LogP contribution in [0.5, 0.6) is 0 Å². The molecule has 0 rings (SSSR count). The van der Waals surface area contributed by atoms with Gasteiger partial charge in [0.05, 0.1) is 0 Å². The molecule has 0 aromatic rings. The summed E-state index contributed by atoms with van der Waals surface area (Å²) in [4.78, 5) is 22.3. The van der Waals surface area contributed by atoms with E-state index in [0.717, 1.165) is 6.08 Å². The van der Waals surface area contributed by atoms with E-state index in [1.54, 1.807) is 12.2 Å². The van der Waals surface area contributed by atoms with Crippen molar-refractivity contribution in [2.24, 2.45) is 5.34 Å². The second-order valence-corrected chi connectivity index (χ2v) is 1.16. The van der Waals surface area contributed by atoms with E-state index in [-0.39, 0.29) is 0 Å². The molecule has 0 N–H and O–H groups in total. The Kier molecular flexibility index (Phi) is 12.2. The summed E-state index contributed by atoms with van der Waals surface area (Å²) in [5.41, 5.74) is 0. The molecule has 0 heterocycles. The molecule has 0 aliphatic heterocycles. The second kappa shape index (κ2) is 11.1. The van der Waals surface area contributed by atoms with Crippen LogP contribution in [0.15, 0.2) is 43.3 Å². The van der Waals surface area contributed by atoms with Gasteiger partial charge in [0.25, 0.3) is 0 Å². The van der Waals surface area contributed by atoms with Crippen molar-refractivity contribution in [3.8, 4) is 0 Å². The lowest BCUT2D eigenvalue weighted by molar-refractivity contribution is -0.137. The minimum absolute atomic E-state index is 0.838. The van der Waals surface area contributed by atoms with Crippen LogP contribution < -0.4 is 0 Å². The summed E-state index contributed by atoms with van der Waals surface area (Å²) in [6.45, 7) is 9.73. The zero-order chi connectivity index (χ0) is 9.11. The molecule has 0 unspecified atom stereocenters. The van der Waals surface area contributed by atoms with Crippen molar-refractivity contribution >= 4 is 5.97 Å². The third-order valence-corrected chi connectivity index (χ3v) is 0.461. The third-order valence-electron chi connectivity index (χ3n) is 0.461. The minimum Gasteiger partial charge on any atom is -0.280 e. The van der Waals surface area contributed by atoms with Gasteiger partial charge >= 0.3 is 5.97 Å². The van der Waals surface area contributed by atoms with E-state index in [1.165, 1.54) is 0 Å². The number of carbonyl (C=O) groups is 1. The first-order valence-electron chi connectivity index (χ1n) is 2.62. The van der Waals surface area contributed by atoms with E-state index in [4.69, 9.17) is 4.91 Å². The second-order valence-electron chi connectivity index (χ2n) is 1.16. The van der Waals surface area contributed by atoms with Gasteiger partial charge in [-0.25, -0.2) is 4.79 Å². The molecule has 11 heavy (non-hydrogen) atoms. The number of nitrogens with zero attached hydrogens (tertiary/aromatic N) is 1. The molecule has 0 fully saturated rings. The fourth-order valence-electron chi connectivity index (χ4n) is 0.0740. The molecule has 0 radical (unpaired) electrons. The highest BCUT2D eigenvalue weighted by Gasteiger charge is 1.89. The topological polar surface area (TPSA) is 55.7 Å². The minimum atomic E-state index is -0.838. The molecular formula is C7H9NO3. The van der Waals surface area contributed by atoms with Crippen LogP contribution in [0.3, 0.4) is 0 Å². The van der Waals surface area contributed by atoms with Crippen molar-refractivity contribution in [3.63, 3.8) is 0 Å². The Hall–Kier alpha value is -1.71. The normalized spacial score (nSPS) is 6.18. The molecular weight excluding hydrogens is 146 g/mol. The van der Waals surface area contributed by atoms with Gasteiger partial charge in [-0.05, 0) is 0 Å². The van der Waals surface area contributed by atoms with Gasteiger partial charge in [-0.2, -0.15) is 0 Å². The van der Waals surface area contributed by atoms with E-state index >= 15 is 0 Å².